The van der Waals surface area contributed by atoms with Crippen molar-refractivity contribution in [2.75, 3.05) is 19.0 Å². The van der Waals surface area contributed by atoms with E-state index < -0.39 is 55.2 Å². The van der Waals surface area contributed by atoms with E-state index in [1.807, 2.05) is 24.3 Å². The minimum absolute atomic E-state index is 0.0341. The number of hydrogen-bond acceptors (Lipinski definition) is 6. The van der Waals surface area contributed by atoms with Gasteiger partial charge in [-0.15, -0.1) is 5.54 Å². The van der Waals surface area contributed by atoms with Crippen molar-refractivity contribution in [3.63, 3.8) is 0 Å². The standard InChI is InChI=1S/C34H49N3O6Si/c1-21(2)44(22(3)4,23(5)6)19-17-28-34(24-14-11-12-15-25(24)35-31(34)40)20-27(30(39)42-10)37(28)29(38)26-16-13-18-36(26)32(41)43-33(7,8)9/h11-12,14-15,21-23,26-28H,13,16,18,20H2,1-10H3,(H,35,40)/t26-,27+,28-,34-/m0/s1. The van der Waals surface area contributed by atoms with Crippen molar-refractivity contribution in [2.45, 2.75) is 127 Å². The minimum Gasteiger partial charge on any atom is -0.467 e. The average molecular weight is 624 g/mol. The predicted octanol–water partition coefficient (Wildman–Crippen LogP) is 5.64. The van der Waals surface area contributed by atoms with Gasteiger partial charge in [0, 0.05) is 18.7 Å². The first kappa shape index (κ1) is 33.6. The van der Waals surface area contributed by atoms with E-state index in [9.17, 15) is 19.2 Å². The summed E-state index contributed by atoms with van der Waals surface area (Å²) in [5.74, 6) is 2.22. The number of likely N-dealkylation sites (tertiary alicyclic amines) is 2. The Morgan fingerprint density at radius 3 is 2.20 bits per heavy atom. The minimum atomic E-state index is -2.32. The summed E-state index contributed by atoms with van der Waals surface area (Å²) in [6.07, 6.45) is 0.489. The monoisotopic (exact) mass is 623 g/mol. The molecule has 0 unspecified atom stereocenters. The van der Waals surface area contributed by atoms with Crippen LogP contribution in [0, 0.1) is 11.5 Å². The summed E-state index contributed by atoms with van der Waals surface area (Å²) in [6.45, 7) is 19.0. The third-order valence-corrected chi connectivity index (χ3v) is 16.2. The third kappa shape index (κ3) is 5.53. The molecule has 0 aromatic heterocycles. The summed E-state index contributed by atoms with van der Waals surface area (Å²) >= 11 is 0. The SMILES string of the molecule is COC(=O)[C@H]1C[C@@]2(C(=O)Nc3ccccc32)[C@H](C#C[Si](C(C)C)(C(C)C)C(C)C)N1C(=O)[C@@H]1CCCN1C(=O)OC(C)(C)C. The quantitative estimate of drug-likeness (QED) is 0.259. The number of para-hydroxylation sites is 1. The Kier molecular flexibility index (Phi) is 9.33. The molecule has 0 radical (unpaired) electrons. The molecule has 1 N–H and O–H groups in total. The summed E-state index contributed by atoms with van der Waals surface area (Å²) in [7, 11) is -1.03. The lowest BCUT2D eigenvalue weighted by Gasteiger charge is -2.39. The maximum absolute atomic E-state index is 14.7. The molecule has 0 saturated carbocycles. The number of rotatable bonds is 5. The largest absolute Gasteiger partial charge is 0.467 e. The maximum Gasteiger partial charge on any atom is 0.410 e. The summed E-state index contributed by atoms with van der Waals surface area (Å²) < 4.78 is 10.9. The Hall–Kier alpha value is -3.32. The molecule has 240 valence electrons. The molecule has 2 fully saturated rings. The zero-order chi connectivity index (χ0) is 32.8. The second-order valence-electron chi connectivity index (χ2n) is 14.4. The molecule has 3 amide bonds. The van der Waals surface area contributed by atoms with E-state index >= 15 is 0 Å². The molecule has 1 aromatic rings. The first-order valence-corrected chi connectivity index (χ1v) is 18.1. The van der Waals surface area contributed by atoms with Crippen molar-refractivity contribution in [3.05, 3.63) is 29.8 Å². The number of carbonyl (C=O) groups is 4. The van der Waals surface area contributed by atoms with Crippen LogP contribution in [0.4, 0.5) is 10.5 Å². The van der Waals surface area contributed by atoms with Gasteiger partial charge in [0.15, 0.2) is 0 Å². The van der Waals surface area contributed by atoms with Gasteiger partial charge in [-0.05, 0) is 61.9 Å². The van der Waals surface area contributed by atoms with Crippen LogP contribution in [0.15, 0.2) is 24.3 Å². The van der Waals surface area contributed by atoms with Crippen LogP contribution in [0.1, 0.15) is 87.1 Å². The molecule has 3 aliphatic heterocycles. The van der Waals surface area contributed by atoms with Crippen LogP contribution >= 0.6 is 0 Å². The number of amides is 3. The molecular formula is C34H49N3O6Si. The summed E-state index contributed by atoms with van der Waals surface area (Å²) in [6, 6.07) is 4.58. The normalized spacial score (nSPS) is 24.9. The molecule has 9 nitrogen and oxygen atoms in total. The molecule has 0 bridgehead atoms. The van der Waals surface area contributed by atoms with Crippen LogP contribution < -0.4 is 5.32 Å². The molecule has 0 aliphatic carbocycles. The molecule has 4 rings (SSSR count). The Bertz CT molecular complexity index is 1350. The van der Waals surface area contributed by atoms with Gasteiger partial charge >= 0.3 is 12.1 Å². The highest BCUT2D eigenvalue weighted by Gasteiger charge is 2.65. The first-order chi connectivity index (χ1) is 20.5. The number of nitrogens with one attached hydrogen (secondary N) is 1. The van der Waals surface area contributed by atoms with Crippen LogP contribution in [0.5, 0.6) is 0 Å². The Morgan fingerprint density at radius 2 is 1.64 bits per heavy atom. The molecule has 1 spiro atoms. The molecule has 10 heteroatoms. The van der Waals surface area contributed by atoms with Gasteiger partial charge in [0.1, 0.15) is 37.2 Å². The van der Waals surface area contributed by atoms with Gasteiger partial charge in [-0.2, -0.15) is 0 Å². The van der Waals surface area contributed by atoms with E-state index in [-0.39, 0.29) is 12.3 Å². The predicted molar refractivity (Wildman–Crippen MR) is 173 cm³/mol. The number of fused-ring (bicyclic) bond motifs is 2. The second-order valence-corrected chi connectivity index (χ2v) is 19.9. The summed E-state index contributed by atoms with van der Waals surface area (Å²) in [4.78, 5) is 58.5. The van der Waals surface area contributed by atoms with Crippen molar-refractivity contribution in [1.29, 1.82) is 0 Å². The lowest BCUT2D eigenvalue weighted by atomic mass is 9.74. The van der Waals surface area contributed by atoms with Crippen molar-refractivity contribution in [3.8, 4) is 11.5 Å². The van der Waals surface area contributed by atoms with Crippen molar-refractivity contribution < 1.29 is 28.7 Å². The van der Waals surface area contributed by atoms with Gasteiger partial charge in [0.05, 0.1) is 7.11 Å². The summed E-state index contributed by atoms with van der Waals surface area (Å²) in [5.41, 5.74) is 4.05. The number of carbonyl (C=O) groups excluding carboxylic acids is 4. The Labute approximate surface area is 263 Å². The van der Waals surface area contributed by atoms with Crippen LogP contribution in [0.2, 0.25) is 16.6 Å². The molecule has 3 heterocycles. The highest BCUT2D eigenvalue weighted by Crippen LogP contribution is 2.51. The number of hydrogen-bond donors (Lipinski definition) is 1. The van der Waals surface area contributed by atoms with Crippen molar-refractivity contribution >= 4 is 37.6 Å². The maximum atomic E-state index is 14.7. The van der Waals surface area contributed by atoms with E-state index in [1.54, 1.807) is 20.8 Å². The second kappa shape index (κ2) is 12.2. The first-order valence-electron chi connectivity index (χ1n) is 15.9. The van der Waals surface area contributed by atoms with Crippen LogP contribution in [0.3, 0.4) is 0 Å². The number of methoxy groups -OCH3 is 1. The number of anilines is 1. The topological polar surface area (TPSA) is 105 Å². The van der Waals surface area contributed by atoms with Crippen molar-refractivity contribution in [2.24, 2.45) is 0 Å². The highest BCUT2D eigenvalue weighted by atomic mass is 28.3. The van der Waals surface area contributed by atoms with Gasteiger partial charge in [-0.1, -0.05) is 65.7 Å². The molecular weight excluding hydrogens is 574 g/mol. The van der Waals surface area contributed by atoms with Gasteiger partial charge in [-0.25, -0.2) is 9.59 Å². The van der Waals surface area contributed by atoms with Gasteiger partial charge in [0.2, 0.25) is 11.8 Å². The van der Waals surface area contributed by atoms with E-state index in [1.165, 1.54) is 16.9 Å². The molecule has 44 heavy (non-hydrogen) atoms. The summed E-state index contributed by atoms with van der Waals surface area (Å²) in [5, 5.41) is 3.01. The number of ether oxygens (including phenoxy) is 2. The van der Waals surface area contributed by atoms with E-state index in [0.29, 0.717) is 41.7 Å². The van der Waals surface area contributed by atoms with Gasteiger partial charge < -0.3 is 19.7 Å². The van der Waals surface area contributed by atoms with Crippen LogP contribution in [0.25, 0.3) is 0 Å². The lowest BCUT2D eigenvalue weighted by Crippen LogP contribution is -2.56. The molecule has 4 atom stereocenters. The lowest BCUT2D eigenvalue weighted by molar-refractivity contribution is -0.153. The number of nitrogens with zero attached hydrogens (tertiary/aromatic N) is 2. The van der Waals surface area contributed by atoms with Crippen molar-refractivity contribution in [1.82, 2.24) is 9.80 Å². The fourth-order valence-corrected chi connectivity index (χ4v) is 13.2. The van der Waals surface area contributed by atoms with E-state index in [2.05, 4.69) is 58.3 Å². The molecule has 1 aromatic carbocycles. The van der Waals surface area contributed by atoms with E-state index in [0.717, 1.165) is 5.56 Å². The Balaban J connectivity index is 1.94. The highest BCUT2D eigenvalue weighted by molar-refractivity contribution is 6.90. The van der Waals surface area contributed by atoms with Gasteiger partial charge in [0.25, 0.3) is 0 Å². The zero-order valence-corrected chi connectivity index (χ0v) is 28.9. The third-order valence-electron chi connectivity index (χ3n) is 9.84. The fourth-order valence-electron chi connectivity index (χ4n) is 7.91. The Morgan fingerprint density at radius 1 is 1.02 bits per heavy atom. The molecule has 2 saturated heterocycles. The van der Waals surface area contributed by atoms with Gasteiger partial charge in [-0.3, -0.25) is 14.5 Å². The zero-order valence-electron chi connectivity index (χ0n) is 27.9. The number of esters is 1. The fraction of sp³-hybridized carbons (Fsp3) is 0.647. The number of benzene rings is 1. The van der Waals surface area contributed by atoms with Crippen LogP contribution in [-0.4, -0.2) is 79.1 Å². The van der Waals surface area contributed by atoms with E-state index in [4.69, 9.17) is 9.47 Å². The average Bonchev–Trinajstić information content (AvgIpc) is 3.62. The molecule has 3 aliphatic rings. The van der Waals surface area contributed by atoms with Crippen LogP contribution in [-0.2, 0) is 29.3 Å². The smallest absolute Gasteiger partial charge is 0.410 e.